The van der Waals surface area contributed by atoms with Crippen LogP contribution in [-0.2, 0) is 25.0 Å². The molecule has 3 rings (SSSR count). The number of carbonyl (C=O) groups excluding carboxylic acids is 2. The standard InChI is InChI=1S/C30H40N3O10P/c1-8-40-44(36,41-9-2)43-20-17-25(37-6)21(26(18-20)38-7)19-39-28-27(32-22-13-10-11-14-23(22)33-28)24(34)15-12-16-31-29(35)42-30(3,4)5/h10-11,13-14,17-18H,8-9,12,15-16,19H2,1-7H3,(H,31,35). The van der Waals surface area contributed by atoms with Gasteiger partial charge in [-0.3, -0.25) is 13.8 Å². The van der Waals surface area contributed by atoms with Gasteiger partial charge in [-0.05, 0) is 53.2 Å². The van der Waals surface area contributed by atoms with E-state index in [9.17, 15) is 14.2 Å². The Morgan fingerprint density at radius 2 is 1.52 bits per heavy atom. The Morgan fingerprint density at radius 1 is 0.932 bits per heavy atom. The van der Waals surface area contributed by atoms with E-state index in [-0.39, 0.29) is 55.9 Å². The molecule has 240 valence electrons. The van der Waals surface area contributed by atoms with E-state index in [0.29, 0.717) is 34.5 Å². The number of aromatic nitrogens is 2. The van der Waals surface area contributed by atoms with Crippen molar-refractivity contribution >= 4 is 30.7 Å². The highest BCUT2D eigenvalue weighted by molar-refractivity contribution is 7.48. The van der Waals surface area contributed by atoms with Crippen molar-refractivity contribution < 1.29 is 46.7 Å². The number of amides is 1. The molecule has 0 fully saturated rings. The van der Waals surface area contributed by atoms with Gasteiger partial charge < -0.3 is 28.8 Å². The van der Waals surface area contributed by atoms with Crippen molar-refractivity contribution in [2.45, 2.75) is 59.7 Å². The predicted molar refractivity (Wildman–Crippen MR) is 163 cm³/mol. The van der Waals surface area contributed by atoms with Gasteiger partial charge in [0.25, 0.3) is 0 Å². The van der Waals surface area contributed by atoms with Crippen LogP contribution in [0.5, 0.6) is 23.1 Å². The minimum atomic E-state index is -3.88. The second-order valence-electron chi connectivity index (χ2n) is 10.3. The topological polar surface area (TPSA) is 154 Å². The van der Waals surface area contributed by atoms with Crippen molar-refractivity contribution in [3.8, 4) is 23.1 Å². The van der Waals surface area contributed by atoms with E-state index in [2.05, 4.69) is 15.3 Å². The van der Waals surface area contributed by atoms with Crippen LogP contribution in [0, 0.1) is 0 Å². The number of ether oxygens (including phenoxy) is 4. The highest BCUT2D eigenvalue weighted by Gasteiger charge is 2.29. The monoisotopic (exact) mass is 633 g/mol. The molecule has 1 heterocycles. The van der Waals surface area contributed by atoms with Crippen LogP contribution in [0.2, 0.25) is 0 Å². The Kier molecular flexibility index (Phi) is 12.3. The Morgan fingerprint density at radius 3 is 2.07 bits per heavy atom. The van der Waals surface area contributed by atoms with E-state index in [0.717, 1.165) is 0 Å². The van der Waals surface area contributed by atoms with Gasteiger partial charge in [0, 0.05) is 25.1 Å². The van der Waals surface area contributed by atoms with E-state index in [4.69, 9.17) is 32.5 Å². The molecule has 0 saturated heterocycles. The van der Waals surface area contributed by atoms with E-state index >= 15 is 0 Å². The molecule has 1 aromatic heterocycles. The number of rotatable bonds is 16. The summed E-state index contributed by atoms with van der Waals surface area (Å²) in [5.41, 5.74) is 0.962. The van der Waals surface area contributed by atoms with Crippen LogP contribution in [0.1, 0.15) is 63.5 Å². The first-order valence-electron chi connectivity index (χ1n) is 14.1. The quantitative estimate of drug-likeness (QED) is 0.107. The first-order valence-corrected chi connectivity index (χ1v) is 15.6. The van der Waals surface area contributed by atoms with Crippen molar-refractivity contribution in [1.29, 1.82) is 0 Å². The zero-order valence-electron chi connectivity index (χ0n) is 26.1. The molecule has 0 radical (unpaired) electrons. The van der Waals surface area contributed by atoms with Crippen molar-refractivity contribution in [3.05, 3.63) is 47.7 Å². The van der Waals surface area contributed by atoms with Crippen molar-refractivity contribution in [2.75, 3.05) is 34.0 Å². The summed E-state index contributed by atoms with van der Waals surface area (Å²) in [6.45, 7) is 9.01. The predicted octanol–water partition coefficient (Wildman–Crippen LogP) is 6.27. The minimum Gasteiger partial charge on any atom is -0.496 e. The summed E-state index contributed by atoms with van der Waals surface area (Å²) in [4.78, 5) is 34.3. The van der Waals surface area contributed by atoms with Crippen LogP contribution in [0.4, 0.5) is 4.79 Å². The Bertz CT molecular complexity index is 1460. The molecule has 0 saturated carbocycles. The number of nitrogens with zero attached hydrogens (tertiary/aromatic N) is 2. The molecule has 0 unspecified atom stereocenters. The summed E-state index contributed by atoms with van der Waals surface area (Å²) < 4.78 is 51.4. The molecule has 1 amide bonds. The number of methoxy groups -OCH3 is 2. The summed E-state index contributed by atoms with van der Waals surface area (Å²) in [6.07, 6.45) is -0.127. The van der Waals surface area contributed by atoms with Crippen molar-refractivity contribution in [2.24, 2.45) is 0 Å². The van der Waals surface area contributed by atoms with Gasteiger partial charge in [0.2, 0.25) is 5.88 Å². The number of ketones is 1. The van der Waals surface area contributed by atoms with Gasteiger partial charge in [0.1, 0.15) is 29.5 Å². The van der Waals surface area contributed by atoms with Crippen LogP contribution < -0.4 is 24.1 Å². The number of alkyl carbamates (subject to hydrolysis) is 1. The maximum Gasteiger partial charge on any atom is 0.530 e. The molecule has 0 bridgehead atoms. The zero-order chi connectivity index (χ0) is 32.3. The normalized spacial score (nSPS) is 11.6. The first kappa shape index (κ1) is 34.6. The van der Waals surface area contributed by atoms with Gasteiger partial charge in [-0.1, -0.05) is 12.1 Å². The third kappa shape index (κ3) is 9.80. The number of phosphoric acid groups is 1. The molecular formula is C30H40N3O10P. The molecule has 0 spiro atoms. The molecule has 0 aliphatic heterocycles. The molecule has 0 aliphatic rings. The molecule has 2 aromatic carbocycles. The number of carbonyl (C=O) groups is 2. The fraction of sp³-hybridized carbons (Fsp3) is 0.467. The maximum atomic E-state index is 13.3. The first-order chi connectivity index (χ1) is 20.9. The van der Waals surface area contributed by atoms with Crippen LogP contribution in [0.15, 0.2) is 36.4 Å². The number of phosphoric ester groups is 1. The van der Waals surface area contributed by atoms with Crippen molar-refractivity contribution in [1.82, 2.24) is 15.3 Å². The van der Waals surface area contributed by atoms with E-state index in [1.165, 1.54) is 26.4 Å². The fourth-order valence-corrected chi connectivity index (χ4v) is 5.14. The van der Waals surface area contributed by atoms with Crippen molar-refractivity contribution in [3.63, 3.8) is 0 Å². The molecule has 0 aliphatic carbocycles. The Labute approximate surface area is 257 Å². The van der Waals surface area contributed by atoms with Gasteiger partial charge in [0.15, 0.2) is 11.5 Å². The molecule has 13 nitrogen and oxygen atoms in total. The van der Waals surface area contributed by atoms with E-state index in [1.54, 1.807) is 58.9 Å². The number of Topliss-reactive ketones (excluding diaryl/α,β-unsaturated/α-hetero) is 1. The third-order valence-corrected chi connectivity index (χ3v) is 7.36. The number of benzene rings is 2. The number of hydrogen-bond acceptors (Lipinski definition) is 12. The summed E-state index contributed by atoms with van der Waals surface area (Å²) in [5.74, 6) is 0.446. The largest absolute Gasteiger partial charge is 0.530 e. The second kappa shape index (κ2) is 15.7. The Balaban J connectivity index is 1.83. The number of fused-ring (bicyclic) bond motifs is 1. The lowest BCUT2D eigenvalue weighted by atomic mass is 10.1. The lowest BCUT2D eigenvalue weighted by Crippen LogP contribution is -2.33. The van der Waals surface area contributed by atoms with Gasteiger partial charge >= 0.3 is 13.9 Å². The van der Waals surface area contributed by atoms with Crippen LogP contribution in [-0.4, -0.2) is 61.4 Å². The third-order valence-electron chi connectivity index (χ3n) is 5.78. The smallest absolute Gasteiger partial charge is 0.496 e. The molecule has 1 N–H and O–H groups in total. The molecule has 44 heavy (non-hydrogen) atoms. The second-order valence-corrected chi connectivity index (χ2v) is 11.9. The zero-order valence-corrected chi connectivity index (χ0v) is 27.0. The average molecular weight is 634 g/mol. The highest BCUT2D eigenvalue weighted by atomic mass is 31.2. The number of hydrogen-bond donors (Lipinski definition) is 1. The van der Waals surface area contributed by atoms with E-state index in [1.807, 2.05) is 0 Å². The average Bonchev–Trinajstić information content (AvgIpc) is 2.96. The van der Waals surface area contributed by atoms with Crippen LogP contribution in [0.3, 0.4) is 0 Å². The molecule has 0 atom stereocenters. The van der Waals surface area contributed by atoms with Crippen LogP contribution in [0.25, 0.3) is 11.0 Å². The molecule has 14 heteroatoms. The van der Waals surface area contributed by atoms with Gasteiger partial charge in [0.05, 0.1) is 44.0 Å². The number of nitrogens with one attached hydrogen (secondary N) is 1. The van der Waals surface area contributed by atoms with E-state index < -0.39 is 19.5 Å². The highest BCUT2D eigenvalue weighted by Crippen LogP contribution is 2.51. The maximum absolute atomic E-state index is 13.3. The minimum absolute atomic E-state index is 0.0235. The lowest BCUT2D eigenvalue weighted by molar-refractivity contribution is 0.0525. The van der Waals surface area contributed by atoms with Gasteiger partial charge in [-0.25, -0.2) is 19.3 Å². The SMILES string of the molecule is CCOP(=O)(OCC)Oc1cc(OC)c(COc2nc3ccccc3nc2C(=O)CCCNC(=O)OC(C)(C)C)c(OC)c1. The fourth-order valence-electron chi connectivity index (χ4n) is 3.97. The summed E-state index contributed by atoms with van der Waals surface area (Å²) in [7, 11) is -0.982. The Hall–Kier alpha value is -3.93. The van der Waals surface area contributed by atoms with Gasteiger partial charge in [-0.2, -0.15) is 0 Å². The number of para-hydroxylation sites is 2. The molecular weight excluding hydrogens is 593 g/mol. The summed E-state index contributed by atoms with van der Waals surface area (Å²) in [5, 5.41) is 2.64. The lowest BCUT2D eigenvalue weighted by Gasteiger charge is -2.20. The van der Waals surface area contributed by atoms with Gasteiger partial charge in [-0.15, -0.1) is 0 Å². The summed E-state index contributed by atoms with van der Waals surface area (Å²) >= 11 is 0. The summed E-state index contributed by atoms with van der Waals surface area (Å²) in [6, 6.07) is 10.1. The molecule has 3 aromatic rings. The van der Waals surface area contributed by atoms with Crippen LogP contribution >= 0.6 is 7.82 Å².